The van der Waals surface area contributed by atoms with Crippen LogP contribution in [-0.2, 0) is 15.1 Å². The van der Waals surface area contributed by atoms with Gasteiger partial charge in [0.15, 0.2) is 0 Å². The van der Waals surface area contributed by atoms with E-state index in [0.29, 0.717) is 16.5 Å². The summed E-state index contributed by atoms with van der Waals surface area (Å²) in [7, 11) is 0. The zero-order valence-electron chi connectivity index (χ0n) is 17.0. The smallest absolute Gasteiger partial charge is 0.325 e. The second-order valence-electron chi connectivity index (χ2n) is 7.55. The molecule has 2 aromatic carbocycles. The van der Waals surface area contributed by atoms with E-state index in [1.54, 1.807) is 12.1 Å². The molecule has 0 bridgehead atoms. The lowest BCUT2D eigenvalue weighted by molar-refractivity contribution is -0.133. The summed E-state index contributed by atoms with van der Waals surface area (Å²) in [5, 5.41) is 5.00. The molecule has 0 aromatic heterocycles. The third-order valence-electron chi connectivity index (χ3n) is 5.42. The SMILES string of the molecule is CC[C@H](C)c1ccc(NC(=O)CN2C(=O)N[C@](C)(c3cc(F)ccc3F)C2=O)cc1. The molecule has 1 aliphatic rings. The number of carbonyl (C=O) groups is 3. The highest BCUT2D eigenvalue weighted by atomic mass is 19.1. The number of imide groups is 1. The molecule has 30 heavy (non-hydrogen) atoms. The summed E-state index contributed by atoms with van der Waals surface area (Å²) < 4.78 is 27.8. The average Bonchev–Trinajstić information content (AvgIpc) is 2.93. The highest BCUT2D eigenvalue weighted by molar-refractivity contribution is 6.10. The first-order valence-corrected chi connectivity index (χ1v) is 9.65. The topological polar surface area (TPSA) is 78.5 Å². The van der Waals surface area contributed by atoms with Gasteiger partial charge < -0.3 is 10.6 Å². The minimum atomic E-state index is -1.80. The first-order valence-electron chi connectivity index (χ1n) is 9.65. The van der Waals surface area contributed by atoms with Gasteiger partial charge in [-0.3, -0.25) is 14.5 Å². The predicted molar refractivity (Wildman–Crippen MR) is 108 cm³/mol. The molecule has 4 amide bonds. The van der Waals surface area contributed by atoms with Crippen LogP contribution in [0.1, 0.15) is 44.2 Å². The lowest BCUT2D eigenvalue weighted by Crippen LogP contribution is -2.42. The lowest BCUT2D eigenvalue weighted by atomic mass is 9.91. The van der Waals surface area contributed by atoms with Crippen molar-refractivity contribution in [2.24, 2.45) is 0 Å². The molecule has 0 unspecified atom stereocenters. The van der Waals surface area contributed by atoms with Gasteiger partial charge in [-0.25, -0.2) is 13.6 Å². The van der Waals surface area contributed by atoms with Crippen LogP contribution in [0.15, 0.2) is 42.5 Å². The highest BCUT2D eigenvalue weighted by Crippen LogP contribution is 2.31. The summed E-state index contributed by atoms with van der Waals surface area (Å²) in [6.45, 7) is 4.91. The van der Waals surface area contributed by atoms with Gasteiger partial charge >= 0.3 is 6.03 Å². The second kappa shape index (κ2) is 8.22. The number of rotatable bonds is 6. The highest BCUT2D eigenvalue weighted by Gasteiger charge is 2.50. The van der Waals surface area contributed by atoms with Crippen LogP contribution in [0.5, 0.6) is 0 Å². The van der Waals surface area contributed by atoms with Crippen molar-refractivity contribution in [1.82, 2.24) is 10.2 Å². The molecule has 0 spiro atoms. The summed E-state index contributed by atoms with van der Waals surface area (Å²) in [5.41, 5.74) is -0.443. The summed E-state index contributed by atoms with van der Waals surface area (Å²) in [6, 6.07) is 9.11. The van der Waals surface area contributed by atoms with Crippen molar-refractivity contribution in [3.63, 3.8) is 0 Å². The zero-order chi connectivity index (χ0) is 22.1. The Balaban J connectivity index is 1.72. The maximum absolute atomic E-state index is 14.2. The Morgan fingerprint density at radius 1 is 1.17 bits per heavy atom. The first kappa shape index (κ1) is 21.4. The third kappa shape index (κ3) is 4.03. The fourth-order valence-corrected chi connectivity index (χ4v) is 3.38. The van der Waals surface area contributed by atoms with Crippen molar-refractivity contribution in [2.45, 2.75) is 38.6 Å². The van der Waals surface area contributed by atoms with Gasteiger partial charge in [-0.2, -0.15) is 0 Å². The Labute approximate surface area is 173 Å². The largest absolute Gasteiger partial charge is 0.325 e. The molecular weight excluding hydrogens is 392 g/mol. The molecule has 0 aliphatic carbocycles. The van der Waals surface area contributed by atoms with Crippen LogP contribution in [0.4, 0.5) is 19.3 Å². The molecule has 2 aromatic rings. The fourth-order valence-electron chi connectivity index (χ4n) is 3.38. The molecule has 3 rings (SSSR count). The van der Waals surface area contributed by atoms with E-state index in [-0.39, 0.29) is 5.56 Å². The van der Waals surface area contributed by atoms with Crippen molar-refractivity contribution in [1.29, 1.82) is 0 Å². The molecule has 6 nitrogen and oxygen atoms in total. The van der Waals surface area contributed by atoms with Crippen molar-refractivity contribution < 1.29 is 23.2 Å². The Bertz CT molecular complexity index is 994. The fraction of sp³-hybridized carbons (Fsp3) is 0.318. The van der Waals surface area contributed by atoms with Gasteiger partial charge in [0, 0.05) is 11.3 Å². The monoisotopic (exact) mass is 415 g/mol. The number of halogens is 2. The van der Waals surface area contributed by atoms with Gasteiger partial charge in [-0.1, -0.05) is 26.0 Å². The summed E-state index contributed by atoms with van der Waals surface area (Å²) in [4.78, 5) is 38.2. The Hall–Kier alpha value is -3.29. The van der Waals surface area contributed by atoms with E-state index in [1.165, 1.54) is 6.92 Å². The van der Waals surface area contributed by atoms with Crippen LogP contribution in [-0.4, -0.2) is 29.3 Å². The normalized spacial score (nSPS) is 19.6. The number of hydrogen-bond donors (Lipinski definition) is 2. The van der Waals surface area contributed by atoms with E-state index < -0.39 is 41.6 Å². The van der Waals surface area contributed by atoms with Crippen LogP contribution in [0, 0.1) is 11.6 Å². The molecule has 0 radical (unpaired) electrons. The van der Waals surface area contributed by atoms with Gasteiger partial charge in [0.05, 0.1) is 0 Å². The van der Waals surface area contributed by atoms with Gasteiger partial charge in [0.2, 0.25) is 5.91 Å². The van der Waals surface area contributed by atoms with Crippen molar-refractivity contribution in [3.05, 3.63) is 65.2 Å². The van der Waals surface area contributed by atoms with Gasteiger partial charge in [0.1, 0.15) is 23.7 Å². The van der Waals surface area contributed by atoms with E-state index >= 15 is 0 Å². The Kier molecular flexibility index (Phi) is 5.87. The van der Waals surface area contributed by atoms with Crippen LogP contribution in [0.25, 0.3) is 0 Å². The number of nitrogens with zero attached hydrogens (tertiary/aromatic N) is 1. The number of nitrogens with one attached hydrogen (secondary N) is 2. The predicted octanol–water partition coefficient (Wildman–Crippen LogP) is 3.88. The van der Waals surface area contributed by atoms with Crippen LogP contribution < -0.4 is 10.6 Å². The molecule has 2 atom stereocenters. The zero-order valence-corrected chi connectivity index (χ0v) is 17.0. The number of amides is 4. The van der Waals surface area contributed by atoms with Crippen molar-refractivity contribution in [2.75, 3.05) is 11.9 Å². The first-order chi connectivity index (χ1) is 14.2. The molecule has 0 saturated carbocycles. The summed E-state index contributed by atoms with van der Waals surface area (Å²) in [6.07, 6.45) is 0.989. The maximum atomic E-state index is 14.2. The molecular formula is C22H23F2N3O3. The van der Waals surface area contributed by atoms with E-state index in [1.807, 2.05) is 12.1 Å². The van der Waals surface area contributed by atoms with Crippen LogP contribution in [0.2, 0.25) is 0 Å². The number of carbonyl (C=O) groups excluding carboxylic acids is 3. The molecule has 1 fully saturated rings. The van der Waals surface area contributed by atoms with Crippen molar-refractivity contribution >= 4 is 23.5 Å². The Morgan fingerprint density at radius 3 is 2.47 bits per heavy atom. The number of hydrogen-bond acceptors (Lipinski definition) is 3. The third-order valence-corrected chi connectivity index (χ3v) is 5.42. The molecule has 2 N–H and O–H groups in total. The van der Waals surface area contributed by atoms with Crippen LogP contribution in [0.3, 0.4) is 0 Å². The van der Waals surface area contributed by atoms with Gasteiger partial charge in [0.25, 0.3) is 5.91 Å². The van der Waals surface area contributed by atoms with Gasteiger partial charge in [-0.05, 0) is 55.2 Å². The average molecular weight is 415 g/mol. The Morgan fingerprint density at radius 2 is 1.83 bits per heavy atom. The number of benzene rings is 2. The minimum absolute atomic E-state index is 0.301. The lowest BCUT2D eigenvalue weighted by Gasteiger charge is -2.22. The number of urea groups is 1. The molecule has 1 aliphatic heterocycles. The molecule has 8 heteroatoms. The van der Waals surface area contributed by atoms with E-state index in [4.69, 9.17) is 0 Å². The molecule has 1 saturated heterocycles. The van der Waals surface area contributed by atoms with Crippen molar-refractivity contribution in [3.8, 4) is 0 Å². The number of anilines is 1. The van der Waals surface area contributed by atoms with E-state index in [0.717, 1.165) is 30.2 Å². The van der Waals surface area contributed by atoms with Gasteiger partial charge in [-0.15, -0.1) is 0 Å². The summed E-state index contributed by atoms with van der Waals surface area (Å²) >= 11 is 0. The van der Waals surface area contributed by atoms with Crippen LogP contribution >= 0.6 is 0 Å². The molecule has 1 heterocycles. The quantitative estimate of drug-likeness (QED) is 0.703. The standard InChI is InChI=1S/C22H23F2N3O3/c1-4-13(2)14-5-8-16(9-6-14)25-19(28)12-27-20(29)22(3,26-21(27)30)17-11-15(23)7-10-18(17)24/h5-11,13H,4,12H2,1-3H3,(H,25,28)(H,26,30)/t13-,22+/m0/s1. The second-order valence-corrected chi connectivity index (χ2v) is 7.55. The van der Waals surface area contributed by atoms with E-state index in [2.05, 4.69) is 24.5 Å². The molecule has 158 valence electrons. The maximum Gasteiger partial charge on any atom is 0.325 e. The van der Waals surface area contributed by atoms with E-state index in [9.17, 15) is 23.2 Å². The summed E-state index contributed by atoms with van der Waals surface area (Å²) in [5.74, 6) is -2.61. The minimum Gasteiger partial charge on any atom is -0.325 e.